The molecule has 0 saturated carbocycles. The number of carbonyl (C=O) groups is 2. The van der Waals surface area contributed by atoms with Crippen LogP contribution in [0.1, 0.15) is 13.3 Å². The average molecular weight is 382 g/mol. The van der Waals surface area contributed by atoms with Crippen molar-refractivity contribution in [1.29, 1.82) is 0 Å². The van der Waals surface area contributed by atoms with Crippen LogP contribution in [0.15, 0.2) is 53.1 Å². The van der Waals surface area contributed by atoms with Gasteiger partial charge in [-0.2, -0.15) is 0 Å². The van der Waals surface area contributed by atoms with Crippen LogP contribution >= 0.6 is 0 Å². The van der Waals surface area contributed by atoms with Crippen LogP contribution in [-0.4, -0.2) is 41.1 Å². The van der Waals surface area contributed by atoms with Crippen molar-refractivity contribution >= 4 is 27.6 Å². The third-order valence-corrected chi connectivity index (χ3v) is 4.60. The van der Waals surface area contributed by atoms with Gasteiger partial charge in [-0.25, -0.2) is 22.7 Å². The van der Waals surface area contributed by atoms with Gasteiger partial charge in [-0.3, -0.25) is 0 Å². The molecular formula is C17H22N2O6S. The largest absolute Gasteiger partial charge is 0.466 e. The normalized spacial score (nSPS) is 12.0. The number of nitrogens with one attached hydrogen (secondary N) is 2. The highest BCUT2D eigenvalue weighted by Gasteiger charge is 2.12. The van der Waals surface area contributed by atoms with Gasteiger partial charge in [-0.15, -0.1) is 0 Å². The maximum atomic E-state index is 12.0. The zero-order chi connectivity index (χ0) is 19.6. The number of esters is 2. The minimum atomic E-state index is -3.54. The van der Waals surface area contributed by atoms with Gasteiger partial charge in [0.2, 0.25) is 10.0 Å². The van der Waals surface area contributed by atoms with Crippen LogP contribution in [0.3, 0.4) is 0 Å². The first kappa shape index (κ1) is 21.4. The maximum absolute atomic E-state index is 12.0. The van der Waals surface area contributed by atoms with Crippen LogP contribution in [-0.2, 0) is 29.1 Å². The molecule has 0 unspecified atom stereocenters. The molecule has 1 aromatic carbocycles. The molecule has 0 fully saturated rings. The molecule has 0 bridgehead atoms. The van der Waals surface area contributed by atoms with Crippen molar-refractivity contribution in [2.24, 2.45) is 0 Å². The molecule has 1 aromatic rings. The molecule has 0 aromatic heterocycles. The van der Waals surface area contributed by atoms with E-state index in [-0.39, 0.29) is 10.5 Å². The van der Waals surface area contributed by atoms with Crippen LogP contribution in [0.4, 0.5) is 5.69 Å². The number of methoxy groups -OCH3 is 2. The number of anilines is 1. The first-order valence-electron chi connectivity index (χ1n) is 7.74. The van der Waals surface area contributed by atoms with Crippen LogP contribution in [0.5, 0.6) is 0 Å². The van der Waals surface area contributed by atoms with E-state index in [0.717, 1.165) is 6.08 Å². The zero-order valence-electron chi connectivity index (χ0n) is 14.8. The highest BCUT2D eigenvalue weighted by atomic mass is 32.2. The van der Waals surface area contributed by atoms with Crippen LogP contribution in [0.2, 0.25) is 0 Å². The third kappa shape index (κ3) is 6.69. The Hall–Kier alpha value is -2.65. The number of hydrogen-bond donors (Lipinski definition) is 2. The van der Waals surface area contributed by atoms with Crippen molar-refractivity contribution in [3.05, 3.63) is 48.2 Å². The molecule has 1 rings (SSSR count). The van der Waals surface area contributed by atoms with Gasteiger partial charge in [0.25, 0.3) is 0 Å². The lowest BCUT2D eigenvalue weighted by Gasteiger charge is -2.07. The molecule has 0 aliphatic rings. The molecule has 0 amide bonds. The van der Waals surface area contributed by atoms with E-state index < -0.39 is 22.0 Å². The van der Waals surface area contributed by atoms with Gasteiger partial charge in [-0.1, -0.05) is 6.92 Å². The summed E-state index contributed by atoms with van der Waals surface area (Å²) in [5.41, 5.74) is 0.631. The van der Waals surface area contributed by atoms with E-state index in [2.05, 4.69) is 19.5 Å². The zero-order valence-corrected chi connectivity index (χ0v) is 15.6. The first-order chi connectivity index (χ1) is 12.3. The van der Waals surface area contributed by atoms with E-state index in [1.165, 1.54) is 38.6 Å². The standard InChI is InChI=1S/C17H22N2O6S/c1-4-11-19-26(22,23)15-8-6-14(7-9-15)18-12-13(17(21)25-3)5-10-16(20)24-2/h5-10,12,18-19H,4,11H2,1-3H3/b10-5+,13-12-. The van der Waals surface area contributed by atoms with E-state index in [9.17, 15) is 18.0 Å². The quantitative estimate of drug-likeness (QED) is 0.379. The average Bonchev–Trinajstić information content (AvgIpc) is 2.65. The fraction of sp³-hybridized carbons (Fsp3) is 0.294. The molecular weight excluding hydrogens is 360 g/mol. The molecule has 0 heterocycles. The molecule has 8 nitrogen and oxygen atoms in total. The van der Waals surface area contributed by atoms with E-state index in [4.69, 9.17) is 0 Å². The summed E-state index contributed by atoms with van der Waals surface area (Å²) in [6.07, 6.45) is 4.36. The van der Waals surface area contributed by atoms with E-state index in [1.54, 1.807) is 12.1 Å². The Morgan fingerprint density at radius 2 is 1.73 bits per heavy atom. The summed E-state index contributed by atoms with van der Waals surface area (Å²) >= 11 is 0. The molecule has 2 N–H and O–H groups in total. The summed E-state index contributed by atoms with van der Waals surface area (Å²) in [5, 5.41) is 2.84. The molecule has 0 atom stereocenters. The lowest BCUT2D eigenvalue weighted by molar-refractivity contribution is -0.135. The number of rotatable bonds is 9. The Morgan fingerprint density at radius 3 is 2.27 bits per heavy atom. The summed E-state index contributed by atoms with van der Waals surface area (Å²) in [7, 11) is -1.11. The molecule has 0 saturated heterocycles. The smallest absolute Gasteiger partial charge is 0.339 e. The lowest BCUT2D eigenvalue weighted by atomic mass is 10.2. The van der Waals surface area contributed by atoms with Gasteiger partial charge < -0.3 is 14.8 Å². The Kier molecular flexibility index (Phi) is 8.53. The van der Waals surface area contributed by atoms with Crippen molar-refractivity contribution in [3.63, 3.8) is 0 Å². The number of sulfonamides is 1. The minimum Gasteiger partial charge on any atom is -0.466 e. The predicted octanol–water partition coefficient (Wildman–Crippen LogP) is 1.57. The monoisotopic (exact) mass is 382 g/mol. The molecule has 26 heavy (non-hydrogen) atoms. The van der Waals surface area contributed by atoms with Crippen molar-refractivity contribution in [2.45, 2.75) is 18.2 Å². The summed E-state index contributed by atoms with van der Waals surface area (Å²) in [6.45, 7) is 2.23. The van der Waals surface area contributed by atoms with Crippen molar-refractivity contribution < 1.29 is 27.5 Å². The molecule has 0 radical (unpaired) electrons. The second-order valence-corrected chi connectivity index (χ2v) is 6.78. The Morgan fingerprint density at radius 1 is 1.08 bits per heavy atom. The maximum Gasteiger partial charge on any atom is 0.339 e. The third-order valence-electron chi connectivity index (χ3n) is 3.12. The van der Waals surface area contributed by atoms with Crippen molar-refractivity contribution in [3.8, 4) is 0 Å². The van der Waals surface area contributed by atoms with Gasteiger partial charge in [0.15, 0.2) is 0 Å². The molecule has 0 spiro atoms. The Bertz CT molecular complexity index is 782. The molecule has 9 heteroatoms. The van der Waals surface area contributed by atoms with E-state index in [1.807, 2.05) is 6.92 Å². The van der Waals surface area contributed by atoms with Crippen LogP contribution in [0.25, 0.3) is 0 Å². The van der Waals surface area contributed by atoms with E-state index in [0.29, 0.717) is 18.7 Å². The van der Waals surface area contributed by atoms with Gasteiger partial charge in [-0.05, 0) is 36.8 Å². The summed E-state index contributed by atoms with van der Waals surface area (Å²) in [4.78, 5) is 23.0. The SMILES string of the molecule is CCCNS(=O)(=O)c1ccc(N/C=C(/C=C/C(=O)OC)C(=O)OC)cc1. The molecule has 142 valence electrons. The topological polar surface area (TPSA) is 111 Å². The summed E-state index contributed by atoms with van der Waals surface area (Å²) < 4.78 is 35.6. The summed E-state index contributed by atoms with van der Waals surface area (Å²) in [5.74, 6) is -1.27. The fourth-order valence-electron chi connectivity index (χ4n) is 1.73. The van der Waals surface area contributed by atoms with Crippen molar-refractivity contribution in [1.82, 2.24) is 4.72 Å². The first-order valence-corrected chi connectivity index (χ1v) is 9.23. The second kappa shape index (κ2) is 10.4. The van der Waals surface area contributed by atoms with Gasteiger partial charge in [0, 0.05) is 24.5 Å². The second-order valence-electron chi connectivity index (χ2n) is 5.01. The van der Waals surface area contributed by atoms with Crippen molar-refractivity contribution in [2.75, 3.05) is 26.1 Å². The van der Waals surface area contributed by atoms with Crippen LogP contribution < -0.4 is 10.0 Å². The predicted molar refractivity (Wildman–Crippen MR) is 96.8 cm³/mol. The molecule has 0 aliphatic carbocycles. The fourth-order valence-corrected chi connectivity index (χ4v) is 2.86. The highest BCUT2D eigenvalue weighted by Crippen LogP contribution is 2.14. The lowest BCUT2D eigenvalue weighted by Crippen LogP contribution is -2.24. The molecule has 0 aliphatic heterocycles. The van der Waals surface area contributed by atoms with Crippen LogP contribution in [0, 0.1) is 0 Å². The number of ether oxygens (including phenoxy) is 2. The summed E-state index contributed by atoms with van der Waals surface area (Å²) in [6, 6.07) is 5.98. The van der Waals surface area contributed by atoms with Gasteiger partial charge in [0.05, 0.1) is 24.7 Å². The highest BCUT2D eigenvalue weighted by molar-refractivity contribution is 7.89. The number of hydrogen-bond acceptors (Lipinski definition) is 7. The van der Waals surface area contributed by atoms with E-state index >= 15 is 0 Å². The Labute approximate surface area is 152 Å². The van der Waals surface area contributed by atoms with Gasteiger partial charge >= 0.3 is 11.9 Å². The van der Waals surface area contributed by atoms with Gasteiger partial charge in [0.1, 0.15) is 0 Å². The minimum absolute atomic E-state index is 0.0826. The Balaban J connectivity index is 2.92. The number of carbonyl (C=O) groups excluding carboxylic acids is 2. The number of benzene rings is 1.